The highest BCUT2D eigenvalue weighted by atomic mass is 16.5. The Kier molecular flexibility index (Phi) is 5.08. The van der Waals surface area contributed by atoms with Crippen molar-refractivity contribution in [2.24, 2.45) is 5.41 Å². The van der Waals surface area contributed by atoms with Crippen molar-refractivity contribution in [1.29, 1.82) is 0 Å². The molecular formula is C16H30N2O2. The molecule has 0 saturated carbocycles. The SMILES string of the molecule is CCCC1(C(=O)NC2CCOC(C)(C)C2)CCNCC1. The second kappa shape index (κ2) is 6.44. The van der Waals surface area contributed by atoms with Gasteiger partial charge in [-0.2, -0.15) is 0 Å². The minimum atomic E-state index is -0.136. The van der Waals surface area contributed by atoms with Crippen LogP contribution < -0.4 is 10.6 Å². The number of hydrogen-bond donors (Lipinski definition) is 2. The van der Waals surface area contributed by atoms with Gasteiger partial charge in [-0.3, -0.25) is 4.79 Å². The van der Waals surface area contributed by atoms with E-state index in [4.69, 9.17) is 4.74 Å². The number of ether oxygens (including phenoxy) is 1. The van der Waals surface area contributed by atoms with Gasteiger partial charge in [-0.05, 0) is 59.0 Å². The first-order valence-electron chi connectivity index (χ1n) is 8.13. The van der Waals surface area contributed by atoms with E-state index in [-0.39, 0.29) is 23.0 Å². The third-order valence-corrected chi connectivity index (χ3v) is 4.80. The molecule has 0 radical (unpaired) electrons. The van der Waals surface area contributed by atoms with Crippen molar-refractivity contribution in [2.75, 3.05) is 19.7 Å². The van der Waals surface area contributed by atoms with E-state index < -0.39 is 0 Å². The maximum atomic E-state index is 12.8. The molecule has 1 atom stereocenters. The number of hydrogen-bond acceptors (Lipinski definition) is 3. The number of nitrogens with one attached hydrogen (secondary N) is 2. The van der Waals surface area contributed by atoms with Gasteiger partial charge < -0.3 is 15.4 Å². The quantitative estimate of drug-likeness (QED) is 0.831. The Morgan fingerprint density at radius 3 is 2.65 bits per heavy atom. The van der Waals surface area contributed by atoms with Gasteiger partial charge in [0.15, 0.2) is 0 Å². The second-order valence-electron chi connectivity index (χ2n) is 7.05. The number of amides is 1. The van der Waals surface area contributed by atoms with Crippen LogP contribution in [0.4, 0.5) is 0 Å². The third-order valence-electron chi connectivity index (χ3n) is 4.80. The minimum absolute atomic E-state index is 0.109. The minimum Gasteiger partial charge on any atom is -0.375 e. The van der Waals surface area contributed by atoms with Crippen molar-refractivity contribution < 1.29 is 9.53 Å². The number of piperidine rings is 1. The molecule has 2 fully saturated rings. The lowest BCUT2D eigenvalue weighted by Crippen LogP contribution is -2.53. The van der Waals surface area contributed by atoms with Gasteiger partial charge in [0.1, 0.15) is 0 Å². The van der Waals surface area contributed by atoms with E-state index >= 15 is 0 Å². The van der Waals surface area contributed by atoms with Crippen LogP contribution in [0.5, 0.6) is 0 Å². The van der Waals surface area contributed by atoms with E-state index in [0.29, 0.717) is 0 Å². The average molecular weight is 282 g/mol. The van der Waals surface area contributed by atoms with Crippen LogP contribution in [-0.4, -0.2) is 37.2 Å². The summed E-state index contributed by atoms with van der Waals surface area (Å²) in [7, 11) is 0. The van der Waals surface area contributed by atoms with Crippen molar-refractivity contribution in [1.82, 2.24) is 10.6 Å². The van der Waals surface area contributed by atoms with Crippen molar-refractivity contribution in [3.05, 3.63) is 0 Å². The van der Waals surface area contributed by atoms with E-state index in [2.05, 4.69) is 31.4 Å². The monoisotopic (exact) mass is 282 g/mol. The molecule has 2 heterocycles. The van der Waals surface area contributed by atoms with E-state index in [1.54, 1.807) is 0 Å². The number of carbonyl (C=O) groups excluding carboxylic acids is 1. The molecule has 0 bridgehead atoms. The normalized spacial score (nSPS) is 28.9. The molecule has 4 nitrogen and oxygen atoms in total. The van der Waals surface area contributed by atoms with Crippen LogP contribution >= 0.6 is 0 Å². The van der Waals surface area contributed by atoms with E-state index in [9.17, 15) is 4.79 Å². The first-order chi connectivity index (χ1) is 9.47. The van der Waals surface area contributed by atoms with Crippen LogP contribution in [-0.2, 0) is 9.53 Å². The van der Waals surface area contributed by atoms with Gasteiger partial charge in [0.05, 0.1) is 11.0 Å². The molecule has 2 rings (SSSR count). The van der Waals surface area contributed by atoms with E-state index in [1.807, 2.05) is 0 Å². The highest BCUT2D eigenvalue weighted by Gasteiger charge is 2.40. The van der Waals surface area contributed by atoms with Crippen molar-refractivity contribution >= 4 is 5.91 Å². The van der Waals surface area contributed by atoms with Gasteiger partial charge in [0, 0.05) is 12.6 Å². The lowest BCUT2D eigenvalue weighted by Gasteiger charge is -2.40. The van der Waals surface area contributed by atoms with E-state index in [1.165, 1.54) is 0 Å². The van der Waals surface area contributed by atoms with Crippen LogP contribution in [0, 0.1) is 5.41 Å². The maximum absolute atomic E-state index is 12.8. The molecule has 4 heteroatoms. The predicted octanol–water partition coefficient (Wildman–Crippen LogP) is 2.23. The van der Waals surface area contributed by atoms with Crippen LogP contribution in [0.2, 0.25) is 0 Å². The van der Waals surface area contributed by atoms with Crippen LogP contribution in [0.25, 0.3) is 0 Å². The summed E-state index contributed by atoms with van der Waals surface area (Å²) < 4.78 is 5.73. The van der Waals surface area contributed by atoms with Gasteiger partial charge in [0.2, 0.25) is 5.91 Å². The number of rotatable bonds is 4. The summed E-state index contributed by atoms with van der Waals surface area (Å²) in [5.74, 6) is 0.281. The van der Waals surface area contributed by atoms with E-state index in [0.717, 1.165) is 58.2 Å². The molecule has 0 spiro atoms. The van der Waals surface area contributed by atoms with Gasteiger partial charge >= 0.3 is 0 Å². The van der Waals surface area contributed by atoms with Crippen molar-refractivity contribution in [2.45, 2.75) is 70.9 Å². The topological polar surface area (TPSA) is 50.4 Å². The summed E-state index contributed by atoms with van der Waals surface area (Å²) in [6.07, 6.45) is 5.88. The molecule has 1 unspecified atom stereocenters. The standard InChI is InChI=1S/C16H30N2O2/c1-4-6-16(7-9-17-10-8-16)14(19)18-13-5-11-20-15(2,3)12-13/h13,17H,4-12H2,1-3H3,(H,18,19). The Morgan fingerprint density at radius 1 is 1.35 bits per heavy atom. The molecule has 2 aliphatic rings. The Bertz CT molecular complexity index is 330. The molecule has 2 N–H and O–H groups in total. The highest BCUT2D eigenvalue weighted by Crippen LogP contribution is 2.35. The summed E-state index contributed by atoms with van der Waals surface area (Å²) in [5, 5.41) is 6.69. The molecule has 1 amide bonds. The molecule has 0 aromatic carbocycles. The first kappa shape index (κ1) is 15.8. The Labute approximate surface area is 123 Å². The van der Waals surface area contributed by atoms with Crippen LogP contribution in [0.15, 0.2) is 0 Å². The fourth-order valence-electron chi connectivity index (χ4n) is 3.67. The maximum Gasteiger partial charge on any atom is 0.226 e. The zero-order valence-electron chi connectivity index (χ0n) is 13.3. The van der Waals surface area contributed by atoms with Crippen LogP contribution in [0.1, 0.15) is 59.3 Å². The lowest BCUT2D eigenvalue weighted by atomic mass is 9.74. The Balaban J connectivity index is 1.97. The van der Waals surface area contributed by atoms with Gasteiger partial charge in [-0.25, -0.2) is 0 Å². The van der Waals surface area contributed by atoms with Gasteiger partial charge in [-0.1, -0.05) is 13.3 Å². The molecule has 20 heavy (non-hydrogen) atoms. The molecular weight excluding hydrogens is 252 g/mol. The summed E-state index contributed by atoms with van der Waals surface area (Å²) in [5.41, 5.74) is -0.245. The Hall–Kier alpha value is -0.610. The largest absolute Gasteiger partial charge is 0.375 e. The molecule has 2 aliphatic heterocycles. The highest BCUT2D eigenvalue weighted by molar-refractivity contribution is 5.83. The van der Waals surface area contributed by atoms with Crippen LogP contribution in [0.3, 0.4) is 0 Å². The smallest absolute Gasteiger partial charge is 0.226 e. The Morgan fingerprint density at radius 2 is 2.05 bits per heavy atom. The molecule has 0 aromatic rings. The number of carbonyl (C=O) groups is 1. The van der Waals surface area contributed by atoms with Crippen molar-refractivity contribution in [3.8, 4) is 0 Å². The molecule has 2 saturated heterocycles. The molecule has 0 aliphatic carbocycles. The van der Waals surface area contributed by atoms with Crippen molar-refractivity contribution in [3.63, 3.8) is 0 Å². The zero-order chi connectivity index (χ0) is 14.6. The zero-order valence-corrected chi connectivity index (χ0v) is 13.3. The average Bonchev–Trinajstić information content (AvgIpc) is 2.39. The van der Waals surface area contributed by atoms with Gasteiger partial charge in [0.25, 0.3) is 0 Å². The van der Waals surface area contributed by atoms with Gasteiger partial charge in [-0.15, -0.1) is 0 Å². The molecule has 116 valence electrons. The first-order valence-corrected chi connectivity index (χ1v) is 8.13. The predicted molar refractivity (Wildman–Crippen MR) is 80.6 cm³/mol. The second-order valence-corrected chi connectivity index (χ2v) is 7.05. The summed E-state index contributed by atoms with van der Waals surface area (Å²) in [6, 6.07) is 0.273. The summed E-state index contributed by atoms with van der Waals surface area (Å²) in [6.45, 7) is 9.07. The fourth-order valence-corrected chi connectivity index (χ4v) is 3.67. The lowest BCUT2D eigenvalue weighted by molar-refractivity contribution is -0.136. The molecule has 0 aromatic heterocycles. The fraction of sp³-hybridized carbons (Fsp3) is 0.938. The third kappa shape index (κ3) is 3.73. The summed E-state index contributed by atoms with van der Waals surface area (Å²) >= 11 is 0. The summed E-state index contributed by atoms with van der Waals surface area (Å²) in [4.78, 5) is 12.8.